The maximum absolute atomic E-state index is 12.6. The Balaban J connectivity index is 0.00000576. The molecule has 0 radical (unpaired) electrons. The summed E-state index contributed by atoms with van der Waals surface area (Å²) in [5, 5.41) is 4.88. The van der Waals surface area contributed by atoms with Crippen LogP contribution >= 0.6 is 12.4 Å². The van der Waals surface area contributed by atoms with Crippen molar-refractivity contribution in [3.8, 4) is 0 Å². The van der Waals surface area contributed by atoms with E-state index in [1.54, 1.807) is 0 Å². The van der Waals surface area contributed by atoms with Gasteiger partial charge in [-0.1, -0.05) is 6.07 Å². The van der Waals surface area contributed by atoms with Crippen LogP contribution in [0.3, 0.4) is 0 Å². The molecule has 0 fully saturated rings. The van der Waals surface area contributed by atoms with Gasteiger partial charge in [0.15, 0.2) is 0 Å². The predicted octanol–water partition coefficient (Wildman–Crippen LogP) is 1.76. The number of rotatable bonds is 8. The second kappa shape index (κ2) is 10.9. The van der Waals surface area contributed by atoms with Crippen LogP contribution in [0.2, 0.25) is 0 Å². The first-order valence-corrected chi connectivity index (χ1v) is 7.15. The van der Waals surface area contributed by atoms with Gasteiger partial charge in [0.1, 0.15) is 13.2 Å². The number of alkyl halides is 3. The fourth-order valence-corrected chi connectivity index (χ4v) is 1.68. The van der Waals surface area contributed by atoms with E-state index in [1.165, 1.54) is 12.1 Å². The van der Waals surface area contributed by atoms with E-state index < -0.39 is 24.3 Å². The number of hydrogen-bond donors (Lipinski definition) is 2. The van der Waals surface area contributed by atoms with Crippen molar-refractivity contribution >= 4 is 29.9 Å². The van der Waals surface area contributed by atoms with Gasteiger partial charge >= 0.3 is 6.18 Å². The zero-order valence-corrected chi connectivity index (χ0v) is 14.7. The Morgan fingerprint density at radius 3 is 2.40 bits per heavy atom. The number of amides is 2. The minimum absolute atomic E-state index is 0. The fourth-order valence-electron chi connectivity index (χ4n) is 1.68. The first-order valence-electron chi connectivity index (χ1n) is 7.15. The van der Waals surface area contributed by atoms with Gasteiger partial charge in [-0.05, 0) is 32.3 Å². The Kier molecular flexibility index (Phi) is 10.1. The van der Waals surface area contributed by atoms with Crippen LogP contribution in [0.25, 0.3) is 0 Å². The normalized spacial score (nSPS) is 11.0. The lowest BCUT2D eigenvalue weighted by Crippen LogP contribution is -2.34. The summed E-state index contributed by atoms with van der Waals surface area (Å²) in [6.45, 7) is 0.383. The Morgan fingerprint density at radius 1 is 1.16 bits per heavy atom. The molecule has 0 aromatic heterocycles. The molecule has 6 nitrogen and oxygen atoms in total. The Bertz CT molecular complexity index is 568. The molecular formula is C15H21ClF3N3O3. The van der Waals surface area contributed by atoms with Gasteiger partial charge < -0.3 is 20.3 Å². The van der Waals surface area contributed by atoms with Crippen LogP contribution in [0.4, 0.5) is 18.9 Å². The van der Waals surface area contributed by atoms with E-state index in [9.17, 15) is 22.8 Å². The second-order valence-electron chi connectivity index (χ2n) is 5.27. The molecule has 142 valence electrons. The molecule has 0 aliphatic heterocycles. The van der Waals surface area contributed by atoms with Crippen molar-refractivity contribution in [1.82, 2.24) is 10.2 Å². The smallest absolute Gasteiger partial charge is 0.362 e. The van der Waals surface area contributed by atoms with E-state index in [4.69, 9.17) is 4.74 Å². The van der Waals surface area contributed by atoms with Gasteiger partial charge in [-0.2, -0.15) is 13.2 Å². The summed E-state index contributed by atoms with van der Waals surface area (Å²) in [5.74, 6) is -1.01. The largest absolute Gasteiger partial charge is 0.416 e. The standard InChI is InChI=1S/C15H20F3N3O3.ClH/c1-21(2)7-6-19-13(22)9-24-10-14(23)20-12-5-3-4-11(8-12)15(16,17)18;/h3-5,8H,6-7,9-10H2,1-2H3,(H,19,22)(H,20,23);1H. The average molecular weight is 384 g/mol. The van der Waals surface area contributed by atoms with Crippen LogP contribution in [-0.2, 0) is 20.5 Å². The molecule has 1 aromatic carbocycles. The quantitative estimate of drug-likeness (QED) is 0.717. The third kappa shape index (κ3) is 9.90. The SMILES string of the molecule is CN(C)CCNC(=O)COCC(=O)Nc1cccc(C(F)(F)F)c1.Cl. The first kappa shape index (κ1) is 23.2. The van der Waals surface area contributed by atoms with Crippen molar-refractivity contribution in [2.75, 3.05) is 45.7 Å². The lowest BCUT2D eigenvalue weighted by molar-refractivity contribution is -0.137. The van der Waals surface area contributed by atoms with Gasteiger partial charge in [0, 0.05) is 18.8 Å². The zero-order chi connectivity index (χ0) is 18.2. The molecule has 1 rings (SSSR count). The van der Waals surface area contributed by atoms with Crippen molar-refractivity contribution in [1.29, 1.82) is 0 Å². The highest BCUT2D eigenvalue weighted by Crippen LogP contribution is 2.30. The van der Waals surface area contributed by atoms with E-state index in [2.05, 4.69) is 10.6 Å². The number of anilines is 1. The number of hydrogen-bond acceptors (Lipinski definition) is 4. The summed E-state index contributed by atoms with van der Waals surface area (Å²) < 4.78 is 42.6. The molecular weight excluding hydrogens is 363 g/mol. The fraction of sp³-hybridized carbons (Fsp3) is 0.467. The van der Waals surface area contributed by atoms with Crippen LogP contribution in [-0.4, -0.2) is 57.1 Å². The number of benzene rings is 1. The summed E-state index contributed by atoms with van der Waals surface area (Å²) in [5.41, 5.74) is -0.852. The summed E-state index contributed by atoms with van der Waals surface area (Å²) in [4.78, 5) is 24.9. The molecule has 0 aliphatic carbocycles. The number of halogens is 4. The number of ether oxygens (including phenoxy) is 1. The predicted molar refractivity (Wildman–Crippen MR) is 89.7 cm³/mol. The minimum Gasteiger partial charge on any atom is -0.362 e. The van der Waals surface area contributed by atoms with Crippen LogP contribution < -0.4 is 10.6 Å². The maximum Gasteiger partial charge on any atom is 0.416 e. The summed E-state index contributed by atoms with van der Waals surface area (Å²) >= 11 is 0. The Labute approximate surface area is 150 Å². The van der Waals surface area contributed by atoms with Crippen molar-refractivity contribution < 1.29 is 27.5 Å². The van der Waals surface area contributed by atoms with Gasteiger partial charge in [-0.3, -0.25) is 9.59 Å². The average Bonchev–Trinajstić information content (AvgIpc) is 2.46. The van der Waals surface area contributed by atoms with Crippen molar-refractivity contribution in [3.05, 3.63) is 29.8 Å². The molecule has 10 heteroatoms. The van der Waals surface area contributed by atoms with E-state index in [0.29, 0.717) is 13.1 Å². The summed E-state index contributed by atoms with van der Waals surface area (Å²) in [7, 11) is 3.72. The lowest BCUT2D eigenvalue weighted by Gasteiger charge is -2.11. The van der Waals surface area contributed by atoms with E-state index in [-0.39, 0.29) is 30.6 Å². The summed E-state index contributed by atoms with van der Waals surface area (Å²) in [6, 6.07) is 4.26. The molecule has 2 amide bonds. The molecule has 0 bridgehead atoms. The van der Waals surface area contributed by atoms with Crippen LogP contribution in [0.5, 0.6) is 0 Å². The van der Waals surface area contributed by atoms with Gasteiger partial charge in [-0.15, -0.1) is 12.4 Å². The van der Waals surface area contributed by atoms with E-state index >= 15 is 0 Å². The molecule has 0 unspecified atom stereocenters. The highest BCUT2D eigenvalue weighted by molar-refractivity contribution is 5.92. The number of nitrogens with zero attached hydrogens (tertiary/aromatic N) is 1. The molecule has 0 spiro atoms. The van der Waals surface area contributed by atoms with E-state index in [1.807, 2.05) is 19.0 Å². The summed E-state index contributed by atoms with van der Waals surface area (Å²) in [6.07, 6.45) is -4.48. The number of nitrogens with one attached hydrogen (secondary N) is 2. The topological polar surface area (TPSA) is 70.7 Å². The van der Waals surface area contributed by atoms with Gasteiger partial charge in [0.05, 0.1) is 5.56 Å². The van der Waals surface area contributed by atoms with Gasteiger partial charge in [0.2, 0.25) is 11.8 Å². The molecule has 2 N–H and O–H groups in total. The molecule has 1 aromatic rings. The lowest BCUT2D eigenvalue weighted by atomic mass is 10.2. The highest BCUT2D eigenvalue weighted by atomic mass is 35.5. The molecule has 0 saturated carbocycles. The number of likely N-dealkylation sites (N-methyl/N-ethyl adjacent to an activating group) is 1. The number of carbonyl (C=O) groups is 2. The zero-order valence-electron chi connectivity index (χ0n) is 13.9. The monoisotopic (exact) mass is 383 g/mol. The van der Waals surface area contributed by atoms with E-state index in [0.717, 1.165) is 12.1 Å². The van der Waals surface area contributed by atoms with Gasteiger partial charge in [-0.25, -0.2) is 0 Å². The van der Waals surface area contributed by atoms with Gasteiger partial charge in [0.25, 0.3) is 0 Å². The molecule has 25 heavy (non-hydrogen) atoms. The number of carbonyl (C=O) groups excluding carboxylic acids is 2. The molecule has 0 atom stereocenters. The highest BCUT2D eigenvalue weighted by Gasteiger charge is 2.30. The molecule has 0 saturated heterocycles. The van der Waals surface area contributed by atoms with Crippen LogP contribution in [0.1, 0.15) is 5.56 Å². The van der Waals surface area contributed by atoms with Crippen LogP contribution in [0, 0.1) is 0 Å². The van der Waals surface area contributed by atoms with Crippen molar-refractivity contribution in [2.45, 2.75) is 6.18 Å². The van der Waals surface area contributed by atoms with Crippen molar-refractivity contribution in [2.24, 2.45) is 0 Å². The second-order valence-corrected chi connectivity index (χ2v) is 5.27. The molecule has 0 heterocycles. The molecule has 0 aliphatic rings. The van der Waals surface area contributed by atoms with Crippen molar-refractivity contribution in [3.63, 3.8) is 0 Å². The van der Waals surface area contributed by atoms with Crippen LogP contribution in [0.15, 0.2) is 24.3 Å². The first-order chi connectivity index (χ1) is 11.2. The maximum atomic E-state index is 12.6. The third-order valence-electron chi connectivity index (χ3n) is 2.82. The Morgan fingerprint density at radius 2 is 1.80 bits per heavy atom. The minimum atomic E-state index is -4.48. The Hall–Kier alpha value is -1.84. The third-order valence-corrected chi connectivity index (χ3v) is 2.82.